The Balaban J connectivity index is 1.28. The number of benzene rings is 1. The lowest BCUT2D eigenvalue weighted by Crippen LogP contribution is -2.40. The summed E-state index contributed by atoms with van der Waals surface area (Å²) in [5.74, 6) is 0.695. The van der Waals surface area contributed by atoms with E-state index in [9.17, 15) is 0 Å². The first-order valence-corrected chi connectivity index (χ1v) is 9.64. The first-order chi connectivity index (χ1) is 13.4. The number of hydrogen-bond donors (Lipinski definition) is 1. The number of nitrogens with zero attached hydrogens (tertiary/aromatic N) is 4. The molecule has 0 saturated carbocycles. The van der Waals surface area contributed by atoms with Gasteiger partial charge in [-0.25, -0.2) is 9.97 Å². The van der Waals surface area contributed by atoms with E-state index in [1.807, 2.05) is 24.3 Å². The molecule has 3 aromatic rings. The van der Waals surface area contributed by atoms with Crippen LogP contribution in [-0.4, -0.2) is 45.5 Å². The lowest BCUT2D eigenvalue weighted by Gasteiger charge is -2.32. The minimum absolute atomic E-state index is 0.428. The summed E-state index contributed by atoms with van der Waals surface area (Å²) < 4.78 is 0. The molecule has 4 rings (SSSR count). The van der Waals surface area contributed by atoms with Gasteiger partial charge < -0.3 is 10.2 Å². The van der Waals surface area contributed by atoms with Crippen LogP contribution in [0.2, 0.25) is 0 Å². The monoisotopic (exact) mass is 359 g/mol. The minimum Gasteiger partial charge on any atom is -0.351 e. The summed E-state index contributed by atoms with van der Waals surface area (Å²) in [7, 11) is 0. The first-order valence-electron chi connectivity index (χ1n) is 9.64. The number of anilines is 1. The predicted octanol–water partition coefficient (Wildman–Crippen LogP) is 3.66. The molecule has 5 nitrogen and oxygen atoms in total. The van der Waals surface area contributed by atoms with Gasteiger partial charge in [-0.2, -0.15) is 0 Å². The summed E-state index contributed by atoms with van der Waals surface area (Å²) in [5.41, 5.74) is 3.14. The van der Waals surface area contributed by atoms with Crippen molar-refractivity contribution in [2.24, 2.45) is 0 Å². The van der Waals surface area contributed by atoms with E-state index in [-0.39, 0.29) is 0 Å². The SMILES string of the molecule is c1ccc(CCN2CCC(Nc3nccc(-c4ccccn4)n3)CC2)cc1. The quantitative estimate of drug-likeness (QED) is 0.728. The third kappa shape index (κ3) is 4.89. The van der Waals surface area contributed by atoms with E-state index in [4.69, 9.17) is 0 Å². The zero-order chi connectivity index (χ0) is 18.3. The van der Waals surface area contributed by atoms with Crippen molar-refractivity contribution in [3.8, 4) is 11.4 Å². The van der Waals surface area contributed by atoms with Gasteiger partial charge in [0.25, 0.3) is 0 Å². The van der Waals surface area contributed by atoms with Crippen molar-refractivity contribution in [1.82, 2.24) is 19.9 Å². The van der Waals surface area contributed by atoms with Gasteiger partial charge >= 0.3 is 0 Å². The summed E-state index contributed by atoms with van der Waals surface area (Å²) in [4.78, 5) is 15.9. The molecule has 1 aromatic carbocycles. The van der Waals surface area contributed by atoms with E-state index in [1.165, 1.54) is 5.56 Å². The summed E-state index contributed by atoms with van der Waals surface area (Å²) >= 11 is 0. The van der Waals surface area contributed by atoms with Crippen LogP contribution < -0.4 is 5.32 Å². The maximum atomic E-state index is 4.63. The number of likely N-dealkylation sites (tertiary alicyclic amines) is 1. The smallest absolute Gasteiger partial charge is 0.223 e. The zero-order valence-corrected chi connectivity index (χ0v) is 15.5. The fourth-order valence-electron chi connectivity index (χ4n) is 3.50. The van der Waals surface area contributed by atoms with Crippen LogP contribution in [0.15, 0.2) is 67.0 Å². The van der Waals surface area contributed by atoms with Crippen LogP contribution in [0.5, 0.6) is 0 Å². The fraction of sp³-hybridized carbons (Fsp3) is 0.318. The van der Waals surface area contributed by atoms with Gasteiger partial charge in [0.2, 0.25) is 5.95 Å². The predicted molar refractivity (Wildman–Crippen MR) is 108 cm³/mol. The molecular formula is C22H25N5. The highest BCUT2D eigenvalue weighted by atomic mass is 15.2. The molecule has 0 bridgehead atoms. The standard InChI is InChI=1S/C22H25N5/c1-2-6-18(7-3-1)10-15-27-16-11-19(12-17-27)25-22-24-14-9-21(26-22)20-8-4-5-13-23-20/h1-9,13-14,19H,10-12,15-17H2,(H,24,25,26). The van der Waals surface area contributed by atoms with Gasteiger partial charge in [0.15, 0.2) is 0 Å². The normalized spacial score (nSPS) is 15.6. The van der Waals surface area contributed by atoms with Crippen molar-refractivity contribution in [1.29, 1.82) is 0 Å². The second kappa shape index (κ2) is 8.73. The maximum Gasteiger partial charge on any atom is 0.223 e. The highest BCUT2D eigenvalue weighted by molar-refractivity contribution is 5.54. The van der Waals surface area contributed by atoms with Crippen molar-refractivity contribution in [3.05, 3.63) is 72.6 Å². The minimum atomic E-state index is 0.428. The lowest BCUT2D eigenvalue weighted by atomic mass is 10.0. The molecule has 0 unspecified atom stereocenters. The molecule has 1 fully saturated rings. The number of rotatable bonds is 6. The molecule has 0 spiro atoms. The summed E-state index contributed by atoms with van der Waals surface area (Å²) in [6.07, 6.45) is 6.94. The molecule has 1 aliphatic rings. The molecule has 3 heterocycles. The van der Waals surface area contributed by atoms with E-state index < -0.39 is 0 Å². The van der Waals surface area contributed by atoms with Crippen molar-refractivity contribution in [2.75, 3.05) is 25.0 Å². The first kappa shape index (κ1) is 17.6. The highest BCUT2D eigenvalue weighted by Gasteiger charge is 2.19. The van der Waals surface area contributed by atoms with Crippen molar-refractivity contribution >= 4 is 5.95 Å². The third-order valence-electron chi connectivity index (χ3n) is 5.06. The largest absolute Gasteiger partial charge is 0.351 e. The molecule has 138 valence electrons. The Kier molecular flexibility index (Phi) is 5.70. The van der Waals surface area contributed by atoms with Gasteiger partial charge in [-0.15, -0.1) is 0 Å². The average Bonchev–Trinajstić information content (AvgIpc) is 2.75. The Morgan fingerprint density at radius 1 is 0.852 bits per heavy atom. The highest BCUT2D eigenvalue weighted by Crippen LogP contribution is 2.18. The Labute approximate surface area is 160 Å². The summed E-state index contributed by atoms with van der Waals surface area (Å²) in [6, 6.07) is 18.9. The molecule has 1 saturated heterocycles. The average molecular weight is 359 g/mol. The number of nitrogens with one attached hydrogen (secondary N) is 1. The zero-order valence-electron chi connectivity index (χ0n) is 15.5. The summed E-state index contributed by atoms with van der Waals surface area (Å²) in [5, 5.41) is 3.51. The second-order valence-electron chi connectivity index (χ2n) is 6.98. The van der Waals surface area contributed by atoms with Crippen LogP contribution in [0.4, 0.5) is 5.95 Å². The van der Waals surface area contributed by atoms with Gasteiger partial charge in [0.05, 0.1) is 11.4 Å². The maximum absolute atomic E-state index is 4.63. The molecule has 1 aliphatic heterocycles. The molecule has 0 amide bonds. The van der Waals surface area contributed by atoms with Crippen molar-refractivity contribution in [3.63, 3.8) is 0 Å². The Morgan fingerprint density at radius 2 is 1.67 bits per heavy atom. The summed E-state index contributed by atoms with van der Waals surface area (Å²) in [6.45, 7) is 3.36. The van der Waals surface area contributed by atoms with E-state index in [1.54, 1.807) is 12.4 Å². The van der Waals surface area contributed by atoms with E-state index in [0.29, 0.717) is 12.0 Å². The number of pyridine rings is 1. The van der Waals surface area contributed by atoms with Crippen molar-refractivity contribution in [2.45, 2.75) is 25.3 Å². The fourth-order valence-corrected chi connectivity index (χ4v) is 3.50. The molecule has 0 atom stereocenters. The van der Waals surface area contributed by atoms with E-state index >= 15 is 0 Å². The van der Waals surface area contributed by atoms with Crippen LogP contribution in [-0.2, 0) is 6.42 Å². The Hall–Kier alpha value is -2.79. The third-order valence-corrected chi connectivity index (χ3v) is 5.06. The lowest BCUT2D eigenvalue weighted by molar-refractivity contribution is 0.221. The molecule has 5 heteroatoms. The van der Waals surface area contributed by atoms with Crippen LogP contribution in [0.25, 0.3) is 11.4 Å². The molecule has 1 N–H and O–H groups in total. The molecule has 27 heavy (non-hydrogen) atoms. The molecule has 0 radical (unpaired) electrons. The van der Waals surface area contributed by atoms with E-state index in [2.05, 4.69) is 55.5 Å². The van der Waals surface area contributed by atoms with Gasteiger partial charge in [-0.3, -0.25) is 4.98 Å². The van der Waals surface area contributed by atoms with Gasteiger partial charge in [0, 0.05) is 38.1 Å². The van der Waals surface area contributed by atoms with Crippen LogP contribution in [0, 0.1) is 0 Å². The van der Waals surface area contributed by atoms with Gasteiger partial charge in [-0.1, -0.05) is 36.4 Å². The van der Waals surface area contributed by atoms with Crippen molar-refractivity contribution < 1.29 is 0 Å². The second-order valence-corrected chi connectivity index (χ2v) is 6.98. The van der Waals surface area contributed by atoms with E-state index in [0.717, 1.165) is 50.3 Å². The van der Waals surface area contributed by atoms with Crippen LogP contribution >= 0.6 is 0 Å². The number of aromatic nitrogens is 3. The Bertz CT molecular complexity index is 830. The van der Waals surface area contributed by atoms with Gasteiger partial charge in [0.1, 0.15) is 0 Å². The Morgan fingerprint density at radius 3 is 2.44 bits per heavy atom. The molecule has 2 aromatic heterocycles. The van der Waals surface area contributed by atoms with Crippen LogP contribution in [0.3, 0.4) is 0 Å². The topological polar surface area (TPSA) is 53.9 Å². The number of piperidine rings is 1. The molecular weight excluding hydrogens is 334 g/mol. The van der Waals surface area contributed by atoms with Crippen LogP contribution in [0.1, 0.15) is 18.4 Å². The molecule has 0 aliphatic carbocycles. The van der Waals surface area contributed by atoms with Gasteiger partial charge in [-0.05, 0) is 43.0 Å². The number of hydrogen-bond acceptors (Lipinski definition) is 5.